The number of hydrogen-bond donors (Lipinski definition) is 3. The molecule has 0 saturated heterocycles. The third-order valence-corrected chi connectivity index (χ3v) is 5.69. The summed E-state index contributed by atoms with van der Waals surface area (Å²) in [6, 6.07) is 14.8. The number of alkyl halides is 3. The molecule has 0 amide bonds. The van der Waals surface area contributed by atoms with Crippen LogP contribution in [0.1, 0.15) is 36.6 Å². The highest BCUT2D eigenvalue weighted by molar-refractivity contribution is 5.65. The zero-order valence-electron chi connectivity index (χ0n) is 20.0. The minimum Gasteiger partial charge on any atom is -0.360 e. The van der Waals surface area contributed by atoms with E-state index in [4.69, 9.17) is 11.1 Å². The van der Waals surface area contributed by atoms with Crippen LogP contribution in [0.25, 0.3) is 22.8 Å². The van der Waals surface area contributed by atoms with Crippen LogP contribution in [0, 0.1) is 5.41 Å². The third-order valence-electron chi connectivity index (χ3n) is 5.69. The molecule has 0 aliphatic carbocycles. The second-order valence-electron chi connectivity index (χ2n) is 8.59. The molecule has 0 unspecified atom stereocenters. The van der Waals surface area contributed by atoms with Crippen LogP contribution >= 0.6 is 0 Å². The molecule has 36 heavy (non-hydrogen) atoms. The van der Waals surface area contributed by atoms with Crippen LogP contribution in [-0.2, 0) is 19.8 Å². The van der Waals surface area contributed by atoms with Gasteiger partial charge in [-0.3, -0.25) is 0 Å². The van der Waals surface area contributed by atoms with Crippen molar-refractivity contribution in [1.82, 2.24) is 19.6 Å². The van der Waals surface area contributed by atoms with Crippen molar-refractivity contribution in [2.75, 3.05) is 11.1 Å². The maximum absolute atomic E-state index is 13.0. The Hall–Kier alpha value is -4.28. The largest absolute Gasteiger partial charge is 0.434 e. The van der Waals surface area contributed by atoms with Crippen molar-refractivity contribution in [2.45, 2.75) is 32.5 Å². The van der Waals surface area contributed by atoms with Crippen molar-refractivity contribution in [3.05, 3.63) is 71.5 Å². The summed E-state index contributed by atoms with van der Waals surface area (Å²) in [6.07, 6.45) is -2.52. The number of aryl methyl sites for hydroxylation is 1. The Kier molecular flexibility index (Phi) is 6.73. The number of hydrogen-bond acceptors (Lipinski definition) is 6. The van der Waals surface area contributed by atoms with E-state index in [2.05, 4.69) is 34.2 Å². The van der Waals surface area contributed by atoms with Gasteiger partial charge in [0.25, 0.3) is 5.82 Å². The summed E-state index contributed by atoms with van der Waals surface area (Å²) in [4.78, 5) is 8.35. The fourth-order valence-corrected chi connectivity index (χ4v) is 3.83. The van der Waals surface area contributed by atoms with Crippen molar-refractivity contribution in [1.29, 1.82) is 5.41 Å². The van der Waals surface area contributed by atoms with Crippen molar-refractivity contribution in [3.63, 3.8) is 0 Å². The van der Waals surface area contributed by atoms with E-state index >= 15 is 0 Å². The van der Waals surface area contributed by atoms with E-state index < -0.39 is 11.9 Å². The first-order valence-corrected chi connectivity index (χ1v) is 11.2. The smallest absolute Gasteiger partial charge is 0.360 e. The number of benzene rings is 2. The second kappa shape index (κ2) is 9.76. The molecular formula is C25H26F3N8+. The number of anilines is 2. The molecule has 0 spiro atoms. The first kappa shape index (κ1) is 24.8. The summed E-state index contributed by atoms with van der Waals surface area (Å²) in [6.45, 7) is 4.51. The number of nitrogens with zero attached hydrogens (tertiary/aromatic N) is 5. The first-order chi connectivity index (χ1) is 17.1. The molecule has 0 bridgehead atoms. The maximum atomic E-state index is 13.0. The molecule has 0 aliphatic heterocycles. The van der Waals surface area contributed by atoms with Gasteiger partial charge in [0.2, 0.25) is 12.2 Å². The van der Waals surface area contributed by atoms with E-state index in [1.807, 2.05) is 24.3 Å². The topological polar surface area (TPSA) is 109 Å². The fourth-order valence-electron chi connectivity index (χ4n) is 3.83. The molecule has 0 fully saturated rings. The summed E-state index contributed by atoms with van der Waals surface area (Å²) in [5.41, 5.74) is 8.59. The van der Waals surface area contributed by atoms with Gasteiger partial charge in [-0.2, -0.15) is 18.6 Å². The summed E-state index contributed by atoms with van der Waals surface area (Å²) in [7, 11) is 1.53. The first-order valence-electron chi connectivity index (χ1n) is 11.2. The highest BCUT2D eigenvalue weighted by atomic mass is 19.4. The number of nitrogens with one attached hydrogen (secondary N) is 2. The fraction of sp³-hybridized carbons (Fsp3) is 0.240. The summed E-state index contributed by atoms with van der Waals surface area (Å²) < 4.78 is 41.6. The number of halogens is 3. The van der Waals surface area contributed by atoms with Gasteiger partial charge in [-0.15, -0.1) is 4.68 Å². The van der Waals surface area contributed by atoms with E-state index in [1.165, 1.54) is 16.3 Å². The minimum atomic E-state index is -4.50. The van der Waals surface area contributed by atoms with E-state index in [-0.39, 0.29) is 17.6 Å². The Bertz CT molecular complexity index is 1390. The van der Waals surface area contributed by atoms with Crippen LogP contribution in [-0.4, -0.2) is 26.0 Å². The monoisotopic (exact) mass is 495 g/mol. The summed E-state index contributed by atoms with van der Waals surface area (Å²) in [5, 5.41) is 15.3. The van der Waals surface area contributed by atoms with Crippen LogP contribution in [0.4, 0.5) is 24.8 Å². The molecule has 4 aromatic rings. The molecule has 11 heteroatoms. The van der Waals surface area contributed by atoms with Gasteiger partial charge < -0.3 is 15.6 Å². The molecule has 2 aromatic carbocycles. The van der Waals surface area contributed by atoms with Gasteiger partial charge >= 0.3 is 6.18 Å². The zero-order chi connectivity index (χ0) is 26.0. The SMILES string of the molecule is CC(C)c1ccccc1-c1nc(NCc2ccc(-c3nc(C(F)(F)F)cn3C)cc2)c(N)[n+](C=N)n1. The van der Waals surface area contributed by atoms with Gasteiger partial charge in [0.15, 0.2) is 11.5 Å². The van der Waals surface area contributed by atoms with Crippen LogP contribution in [0.2, 0.25) is 0 Å². The maximum Gasteiger partial charge on any atom is 0.434 e. The molecular weight excluding hydrogens is 469 g/mol. The lowest BCUT2D eigenvalue weighted by atomic mass is 9.97. The van der Waals surface area contributed by atoms with Crippen molar-refractivity contribution in [2.24, 2.45) is 7.05 Å². The Morgan fingerprint density at radius 3 is 2.42 bits per heavy atom. The highest BCUT2D eigenvalue weighted by Crippen LogP contribution is 2.31. The Labute approximate surface area is 206 Å². The van der Waals surface area contributed by atoms with Crippen molar-refractivity contribution in [3.8, 4) is 22.8 Å². The minimum absolute atomic E-state index is 0.181. The van der Waals surface area contributed by atoms with E-state index in [0.29, 0.717) is 23.8 Å². The second-order valence-corrected chi connectivity index (χ2v) is 8.59. The predicted molar refractivity (Wildman–Crippen MR) is 131 cm³/mol. The van der Waals surface area contributed by atoms with Gasteiger partial charge in [0, 0.05) is 30.9 Å². The van der Waals surface area contributed by atoms with Crippen LogP contribution in [0.5, 0.6) is 0 Å². The number of aromatic nitrogens is 5. The summed E-state index contributed by atoms with van der Waals surface area (Å²) in [5.74, 6) is 1.45. The highest BCUT2D eigenvalue weighted by Gasteiger charge is 2.34. The number of imidazole rings is 1. The standard InChI is InChI=1S/C25H25F3N8/c1-15(2)18-6-4-5-7-19(18)22-33-23(21(30)36(14-29)34-22)31-12-16-8-10-17(11-9-16)24-32-20(13-35(24)3)25(26,27)28/h4-11,13-15,29-30H,12H2,1-3H3,(H,31,33,34)/p+1. The van der Waals surface area contributed by atoms with Gasteiger partial charge in [0.1, 0.15) is 5.82 Å². The van der Waals surface area contributed by atoms with Gasteiger partial charge in [-0.25, -0.2) is 9.97 Å². The van der Waals surface area contributed by atoms with E-state index in [1.54, 1.807) is 24.3 Å². The Morgan fingerprint density at radius 2 is 1.81 bits per heavy atom. The van der Waals surface area contributed by atoms with E-state index in [0.717, 1.165) is 29.2 Å². The average Bonchev–Trinajstić information content (AvgIpc) is 3.26. The van der Waals surface area contributed by atoms with Crippen LogP contribution < -0.4 is 15.7 Å². The average molecular weight is 496 g/mol. The van der Waals surface area contributed by atoms with Gasteiger partial charge in [0.05, 0.1) is 0 Å². The number of nitrogens with two attached hydrogens (primary N) is 1. The molecule has 4 N–H and O–H groups in total. The van der Waals surface area contributed by atoms with E-state index in [9.17, 15) is 13.2 Å². The van der Waals surface area contributed by atoms with Crippen LogP contribution in [0.3, 0.4) is 0 Å². The Balaban J connectivity index is 1.58. The molecule has 8 nitrogen and oxygen atoms in total. The number of rotatable bonds is 7. The Morgan fingerprint density at radius 1 is 1.11 bits per heavy atom. The molecule has 2 heterocycles. The van der Waals surface area contributed by atoms with Crippen molar-refractivity contribution < 1.29 is 17.9 Å². The third kappa shape index (κ3) is 5.04. The lowest BCUT2D eigenvalue weighted by molar-refractivity contribution is -0.598. The molecule has 2 aromatic heterocycles. The molecule has 0 radical (unpaired) electrons. The molecule has 0 aliphatic rings. The molecule has 0 saturated carbocycles. The zero-order valence-corrected chi connectivity index (χ0v) is 20.0. The van der Waals surface area contributed by atoms with Gasteiger partial charge in [-0.1, -0.05) is 67.5 Å². The normalized spacial score (nSPS) is 11.6. The van der Waals surface area contributed by atoms with Crippen molar-refractivity contribution >= 4 is 18.0 Å². The predicted octanol–water partition coefficient (Wildman–Crippen LogP) is 4.62. The quantitative estimate of drug-likeness (QED) is 0.197. The summed E-state index contributed by atoms with van der Waals surface area (Å²) >= 11 is 0. The molecule has 186 valence electrons. The lowest BCUT2D eigenvalue weighted by Gasteiger charge is -2.13. The number of nitrogen functional groups attached to an aromatic ring is 1. The molecule has 4 rings (SSSR count). The van der Waals surface area contributed by atoms with Crippen LogP contribution in [0.15, 0.2) is 54.7 Å². The molecule has 0 atom stereocenters. The van der Waals surface area contributed by atoms with Gasteiger partial charge in [-0.05, 0) is 17.0 Å². The lowest BCUT2D eigenvalue weighted by Crippen LogP contribution is -2.42.